The summed E-state index contributed by atoms with van der Waals surface area (Å²) in [5.41, 5.74) is 6.14. The maximum Gasteiger partial charge on any atom is 0.313 e. The average Bonchev–Trinajstić information content (AvgIpc) is 3.23. The molecule has 0 bridgehead atoms. The molecule has 0 amide bonds. The smallest absolute Gasteiger partial charge is 0.313 e. The van der Waals surface area contributed by atoms with Gasteiger partial charge in [-0.1, -0.05) is 17.1 Å². The van der Waals surface area contributed by atoms with Gasteiger partial charge in [0.15, 0.2) is 6.33 Å². The number of hydrogen-bond acceptors (Lipinski definition) is 10. The van der Waals surface area contributed by atoms with Crippen molar-refractivity contribution >= 4 is 24.9 Å². The Bertz CT molecular complexity index is 1270. The molecule has 3 aromatic rings. The minimum absolute atomic E-state index is 0.0635. The number of methoxy groups -OCH3 is 1. The molecular formula is C18H22N5O9P. The first kappa shape index (κ1) is 23.3. The highest BCUT2D eigenvalue weighted by atomic mass is 31.2. The zero-order chi connectivity index (χ0) is 23.9. The second-order valence-electron chi connectivity index (χ2n) is 7.44. The van der Waals surface area contributed by atoms with Crippen molar-refractivity contribution in [2.75, 3.05) is 19.5 Å². The number of fused-ring (bicyclic) bond motifs is 1. The lowest BCUT2D eigenvalue weighted by Gasteiger charge is -2.19. The minimum atomic E-state index is -5.07. The van der Waals surface area contributed by atoms with E-state index in [9.17, 15) is 24.5 Å². The number of rotatable bonds is 7. The number of aromatic amines is 1. The van der Waals surface area contributed by atoms with Crippen LogP contribution >= 0.6 is 7.82 Å². The molecule has 1 saturated heterocycles. The number of imidazole rings is 1. The van der Waals surface area contributed by atoms with Gasteiger partial charge in [-0.05, 0) is 17.7 Å². The van der Waals surface area contributed by atoms with E-state index < -0.39 is 44.5 Å². The lowest BCUT2D eigenvalue weighted by atomic mass is 10.1. The molecule has 178 valence electrons. The molecule has 1 fully saturated rings. The summed E-state index contributed by atoms with van der Waals surface area (Å²) in [7, 11) is -3.54. The van der Waals surface area contributed by atoms with Crippen LogP contribution in [0.5, 0.6) is 5.75 Å². The van der Waals surface area contributed by atoms with Gasteiger partial charge < -0.3 is 39.7 Å². The van der Waals surface area contributed by atoms with Crippen LogP contribution < -0.4 is 25.5 Å². The van der Waals surface area contributed by atoms with Crippen molar-refractivity contribution in [1.29, 1.82) is 0 Å². The quantitative estimate of drug-likeness (QED) is 0.179. The summed E-state index contributed by atoms with van der Waals surface area (Å²) < 4.78 is 28.9. The second kappa shape index (κ2) is 8.83. The van der Waals surface area contributed by atoms with Crippen LogP contribution in [0.1, 0.15) is 11.8 Å². The van der Waals surface area contributed by atoms with Crippen molar-refractivity contribution in [2.24, 2.45) is 0 Å². The highest BCUT2D eigenvalue weighted by Crippen LogP contribution is 2.34. The first-order chi connectivity index (χ1) is 15.6. The molecule has 6 N–H and O–H groups in total. The van der Waals surface area contributed by atoms with Crippen LogP contribution in [-0.2, 0) is 20.4 Å². The number of anilines is 1. The number of H-pyrrole nitrogens is 1. The molecule has 0 aliphatic carbocycles. The second-order valence-corrected chi connectivity index (χ2v) is 8.63. The Hall–Kier alpha value is -2.84. The first-order valence-corrected chi connectivity index (χ1v) is 11.2. The minimum Gasteiger partial charge on any atom is -0.756 e. The number of aliphatic hydroxyl groups excluding tert-OH is 2. The molecule has 15 heteroatoms. The van der Waals surface area contributed by atoms with E-state index in [1.807, 2.05) is 6.07 Å². The van der Waals surface area contributed by atoms with Crippen LogP contribution in [-0.4, -0.2) is 61.7 Å². The third kappa shape index (κ3) is 4.77. The van der Waals surface area contributed by atoms with Crippen molar-refractivity contribution < 1.29 is 43.1 Å². The fourth-order valence-electron chi connectivity index (χ4n) is 3.71. The van der Waals surface area contributed by atoms with E-state index in [2.05, 4.69) is 14.5 Å². The summed E-state index contributed by atoms with van der Waals surface area (Å²) in [4.78, 5) is 38.9. The third-order valence-corrected chi connectivity index (χ3v) is 5.67. The highest BCUT2D eigenvalue weighted by molar-refractivity contribution is 7.44. The van der Waals surface area contributed by atoms with Gasteiger partial charge in [-0.2, -0.15) is 0 Å². The van der Waals surface area contributed by atoms with Crippen molar-refractivity contribution in [1.82, 2.24) is 14.5 Å². The van der Waals surface area contributed by atoms with E-state index in [-0.39, 0.29) is 23.7 Å². The number of aromatic nitrogens is 4. The highest BCUT2D eigenvalue weighted by Gasteiger charge is 2.47. The maximum absolute atomic E-state index is 12.7. The Kier molecular flexibility index (Phi) is 6.24. The van der Waals surface area contributed by atoms with Gasteiger partial charge in [0, 0.05) is 0 Å². The van der Waals surface area contributed by atoms with Crippen LogP contribution in [0, 0.1) is 0 Å². The van der Waals surface area contributed by atoms with Crippen LogP contribution in [0.2, 0.25) is 0 Å². The summed E-state index contributed by atoms with van der Waals surface area (Å²) in [6.45, 7) is -0.512. The van der Waals surface area contributed by atoms with Gasteiger partial charge in [0.2, 0.25) is 11.7 Å². The van der Waals surface area contributed by atoms with Crippen LogP contribution in [0.15, 0.2) is 35.4 Å². The van der Waals surface area contributed by atoms with Gasteiger partial charge >= 0.3 is 5.65 Å². The fourth-order valence-corrected chi connectivity index (χ4v) is 4.05. The number of ether oxygens (including phenoxy) is 2. The lowest BCUT2D eigenvalue weighted by Crippen LogP contribution is -2.46. The molecule has 0 spiro atoms. The Morgan fingerprint density at radius 1 is 1.39 bits per heavy atom. The molecule has 0 radical (unpaired) electrons. The van der Waals surface area contributed by atoms with Crippen molar-refractivity contribution in [3.63, 3.8) is 0 Å². The zero-order valence-corrected chi connectivity index (χ0v) is 18.2. The summed E-state index contributed by atoms with van der Waals surface area (Å²) in [5.74, 6) is 0.439. The van der Waals surface area contributed by atoms with Gasteiger partial charge in [-0.15, -0.1) is 0 Å². The van der Waals surface area contributed by atoms with E-state index in [4.69, 9.17) is 20.1 Å². The van der Waals surface area contributed by atoms with E-state index in [0.717, 1.165) is 5.56 Å². The fraction of sp³-hybridized carbons (Fsp3) is 0.389. The Morgan fingerprint density at radius 3 is 2.85 bits per heavy atom. The van der Waals surface area contributed by atoms with E-state index in [1.54, 1.807) is 22.8 Å². The van der Waals surface area contributed by atoms with Crippen molar-refractivity contribution in [3.8, 4) is 5.75 Å². The van der Waals surface area contributed by atoms with Gasteiger partial charge in [0.05, 0.1) is 20.3 Å². The molecule has 0 saturated carbocycles. The number of hydrogen-bond donors (Lipinski definition) is 5. The molecule has 1 aliphatic heterocycles. The van der Waals surface area contributed by atoms with Crippen molar-refractivity contribution in [3.05, 3.63) is 46.5 Å². The average molecular weight is 483 g/mol. The predicted octanol–water partition coefficient (Wildman–Crippen LogP) is -2.25. The van der Waals surface area contributed by atoms with Gasteiger partial charge in [-0.3, -0.25) is 18.9 Å². The van der Waals surface area contributed by atoms with Gasteiger partial charge in [0.25, 0.3) is 19.3 Å². The normalized spacial score (nSPS) is 24.8. The summed E-state index contributed by atoms with van der Waals surface area (Å²) in [6, 6.07) is 7.16. The first-order valence-electron chi connectivity index (χ1n) is 9.70. The van der Waals surface area contributed by atoms with Gasteiger partial charge in [0.1, 0.15) is 24.1 Å². The molecule has 33 heavy (non-hydrogen) atoms. The number of nitrogens with one attached hydrogen (secondary N) is 1. The number of aliphatic hydroxyl groups is 2. The number of benzene rings is 1. The van der Waals surface area contributed by atoms with Crippen LogP contribution in [0.25, 0.3) is 11.2 Å². The number of nitrogens with two attached hydrogens (primary N) is 1. The molecule has 14 nitrogen and oxygen atoms in total. The SMILES string of the molecule is COc1cccc(Cn2c[n+]([C@@H]3O[C@H](COP(=O)([O-])O)[C@@H](O)[C@H]3O)c3nc(N)[nH]c(=O)c32)c1. The topological polar surface area (TPSA) is 209 Å². The standard InChI is InChI=1S/C18H22N5O9P/c1-30-10-4-2-3-9(5-10)6-22-8-23(15-12(22)16(26)21-18(19)20-15)17-14(25)13(24)11(32-17)7-31-33(27,28)29/h2-5,8,11,13-14,17,24-25H,6-7H2,1H3,(H4-,19,20,21,26,27,28,29)/t11-,13-,14-,17-/m1/s1. The number of nitrogen functional groups attached to an aromatic ring is 1. The largest absolute Gasteiger partial charge is 0.756 e. The number of nitrogens with zero attached hydrogens (tertiary/aromatic N) is 3. The lowest BCUT2D eigenvalue weighted by molar-refractivity contribution is -0.745. The van der Waals surface area contributed by atoms with E-state index >= 15 is 0 Å². The molecule has 2 aromatic heterocycles. The molecule has 5 atom stereocenters. The van der Waals surface area contributed by atoms with E-state index in [0.29, 0.717) is 5.75 Å². The molecular weight excluding hydrogens is 461 g/mol. The molecule has 3 heterocycles. The maximum atomic E-state index is 12.7. The molecule has 1 aliphatic rings. The Morgan fingerprint density at radius 2 is 2.15 bits per heavy atom. The number of phosphoric acid groups is 1. The summed E-state index contributed by atoms with van der Waals surface area (Å²) in [5, 5.41) is 20.8. The monoisotopic (exact) mass is 483 g/mol. The van der Waals surface area contributed by atoms with E-state index in [1.165, 1.54) is 18.0 Å². The Labute approximate surface area is 186 Å². The predicted molar refractivity (Wildman–Crippen MR) is 109 cm³/mol. The summed E-state index contributed by atoms with van der Waals surface area (Å²) in [6.07, 6.45) is -4.18. The molecule has 4 rings (SSSR count). The zero-order valence-electron chi connectivity index (χ0n) is 17.3. The summed E-state index contributed by atoms with van der Waals surface area (Å²) >= 11 is 0. The molecule has 1 unspecified atom stereocenters. The van der Waals surface area contributed by atoms with Crippen LogP contribution in [0.3, 0.4) is 0 Å². The van der Waals surface area contributed by atoms with Crippen LogP contribution in [0.4, 0.5) is 5.95 Å². The molecule has 1 aromatic carbocycles. The van der Waals surface area contributed by atoms with Crippen molar-refractivity contribution in [2.45, 2.75) is 31.1 Å². The third-order valence-electron chi connectivity index (χ3n) is 5.19. The van der Waals surface area contributed by atoms with Gasteiger partial charge in [-0.25, -0.2) is 4.57 Å². The Balaban J connectivity index is 1.73. The number of phosphoric ester groups is 1.